The van der Waals surface area contributed by atoms with Crippen LogP contribution in [0.4, 0.5) is 0 Å². The summed E-state index contributed by atoms with van der Waals surface area (Å²) < 4.78 is 5.06. The highest BCUT2D eigenvalue weighted by atomic mass is 16.5. The molecule has 0 saturated heterocycles. The molecule has 0 bridgehead atoms. The van der Waals surface area contributed by atoms with Gasteiger partial charge in [-0.25, -0.2) is 0 Å². The number of ether oxygens (including phenoxy) is 1. The molecule has 17 heavy (non-hydrogen) atoms. The van der Waals surface area contributed by atoms with E-state index in [1.54, 1.807) is 6.07 Å². The van der Waals surface area contributed by atoms with E-state index in [0.29, 0.717) is 5.46 Å². The van der Waals surface area contributed by atoms with Crippen LogP contribution in [0.1, 0.15) is 23.2 Å². The highest BCUT2D eigenvalue weighted by Gasteiger charge is 2.27. The molecule has 1 aliphatic carbocycles. The van der Waals surface area contributed by atoms with Crippen LogP contribution in [0.3, 0.4) is 0 Å². The number of hydrogen-bond acceptors (Lipinski definition) is 4. The van der Waals surface area contributed by atoms with Crippen LogP contribution in [-0.4, -0.2) is 36.7 Å². The van der Waals surface area contributed by atoms with Crippen molar-refractivity contribution in [1.29, 1.82) is 0 Å². The zero-order chi connectivity index (χ0) is 12.4. The van der Waals surface area contributed by atoms with Crippen molar-refractivity contribution in [3.63, 3.8) is 0 Å². The summed E-state index contributed by atoms with van der Waals surface area (Å²) in [5, 5.41) is 21.6. The third-order valence-corrected chi connectivity index (χ3v) is 2.68. The molecule has 0 heterocycles. The van der Waals surface area contributed by atoms with Crippen molar-refractivity contribution in [3.05, 3.63) is 17.7 Å². The van der Waals surface area contributed by atoms with E-state index in [1.807, 2.05) is 0 Å². The van der Waals surface area contributed by atoms with Gasteiger partial charge in [0.05, 0.1) is 7.11 Å². The smallest absolute Gasteiger partial charge is 0.305 e. The van der Waals surface area contributed by atoms with E-state index in [0.717, 1.165) is 12.8 Å². The first kappa shape index (κ1) is 11.8. The van der Waals surface area contributed by atoms with Crippen LogP contribution in [0.5, 0.6) is 11.5 Å². The van der Waals surface area contributed by atoms with Crippen LogP contribution in [0.2, 0.25) is 0 Å². The number of benzene rings is 1. The Labute approximate surface area is 99.7 Å². The quantitative estimate of drug-likeness (QED) is 0.600. The van der Waals surface area contributed by atoms with Gasteiger partial charge in [-0.15, -0.1) is 0 Å². The lowest BCUT2D eigenvalue weighted by molar-refractivity contribution is 0.0945. The number of nitrogens with one attached hydrogen (secondary N) is 1. The molecule has 1 aromatic rings. The molecule has 0 unspecified atom stereocenters. The largest absolute Gasteiger partial charge is 0.507 e. The van der Waals surface area contributed by atoms with Crippen LogP contribution in [0.15, 0.2) is 12.1 Å². The van der Waals surface area contributed by atoms with Gasteiger partial charge in [-0.3, -0.25) is 4.79 Å². The van der Waals surface area contributed by atoms with Gasteiger partial charge in [-0.2, -0.15) is 0 Å². The summed E-state index contributed by atoms with van der Waals surface area (Å²) >= 11 is 0. The first-order valence-corrected chi connectivity index (χ1v) is 5.47. The van der Waals surface area contributed by atoms with Gasteiger partial charge < -0.3 is 20.2 Å². The molecule has 0 radical (unpaired) electrons. The lowest BCUT2D eigenvalue weighted by Crippen LogP contribution is -2.27. The maximum atomic E-state index is 11.9. The summed E-state index contributed by atoms with van der Waals surface area (Å²) in [5.41, 5.74) is 0.624. The third kappa shape index (κ3) is 2.53. The molecule has 90 valence electrons. The van der Waals surface area contributed by atoms with E-state index in [1.165, 1.54) is 13.2 Å². The minimum atomic E-state index is -0.341. The molecule has 3 N–H and O–H groups in total. The van der Waals surface area contributed by atoms with Crippen molar-refractivity contribution >= 4 is 18.9 Å². The summed E-state index contributed by atoms with van der Waals surface area (Å²) in [7, 11) is 1.21. The van der Waals surface area contributed by atoms with Crippen LogP contribution in [0, 0.1) is 0 Å². The molecule has 0 aliphatic heterocycles. The summed E-state index contributed by atoms with van der Waals surface area (Å²) in [6.07, 6.45) is 1.95. The molecule has 1 amide bonds. The van der Waals surface area contributed by atoms with Gasteiger partial charge in [0.1, 0.15) is 17.1 Å². The molecule has 5 nitrogen and oxygen atoms in total. The Morgan fingerprint density at radius 1 is 1.53 bits per heavy atom. The average molecular weight is 235 g/mol. The van der Waals surface area contributed by atoms with Crippen LogP contribution >= 0.6 is 0 Å². The Bertz CT molecular complexity index is 445. The van der Waals surface area contributed by atoms with E-state index in [9.17, 15) is 9.90 Å². The van der Waals surface area contributed by atoms with Gasteiger partial charge in [-0.05, 0) is 30.4 Å². The second-order valence-corrected chi connectivity index (χ2v) is 4.10. The summed E-state index contributed by atoms with van der Waals surface area (Å²) in [6.45, 7) is 0. The molecular formula is C11H14BNO4. The SMILES string of the molecule is COc1cc(BO)cc(O)c1C(=O)NC1CC1. The molecular weight excluding hydrogens is 221 g/mol. The first-order valence-electron chi connectivity index (χ1n) is 5.47. The highest BCUT2D eigenvalue weighted by Crippen LogP contribution is 2.28. The fourth-order valence-corrected chi connectivity index (χ4v) is 1.62. The van der Waals surface area contributed by atoms with Crippen LogP contribution in [0.25, 0.3) is 0 Å². The van der Waals surface area contributed by atoms with Crippen molar-refractivity contribution in [1.82, 2.24) is 5.32 Å². The number of phenolic OH excluding ortho intramolecular Hbond substituents is 1. The van der Waals surface area contributed by atoms with E-state index in [4.69, 9.17) is 9.76 Å². The molecule has 0 atom stereocenters. The highest BCUT2D eigenvalue weighted by molar-refractivity contribution is 6.45. The van der Waals surface area contributed by atoms with Gasteiger partial charge in [-0.1, -0.05) is 0 Å². The van der Waals surface area contributed by atoms with Gasteiger partial charge in [0.15, 0.2) is 0 Å². The fraction of sp³-hybridized carbons (Fsp3) is 0.364. The van der Waals surface area contributed by atoms with Gasteiger partial charge in [0.25, 0.3) is 5.91 Å². The van der Waals surface area contributed by atoms with Crippen molar-refractivity contribution in [3.8, 4) is 11.5 Å². The number of rotatable bonds is 4. The van der Waals surface area contributed by atoms with Gasteiger partial charge in [0.2, 0.25) is 0 Å². The number of amides is 1. The second kappa shape index (κ2) is 4.67. The molecule has 6 heteroatoms. The minimum absolute atomic E-state index is 0.122. The number of aromatic hydroxyl groups is 1. The van der Waals surface area contributed by atoms with Crippen LogP contribution in [-0.2, 0) is 0 Å². The Morgan fingerprint density at radius 3 is 2.76 bits per heavy atom. The average Bonchev–Trinajstić information content (AvgIpc) is 3.11. The van der Waals surface area contributed by atoms with Crippen molar-refractivity contribution < 1.29 is 19.7 Å². The third-order valence-electron chi connectivity index (χ3n) is 2.68. The molecule has 0 spiro atoms. The van der Waals surface area contributed by atoms with E-state index >= 15 is 0 Å². The van der Waals surface area contributed by atoms with E-state index in [-0.39, 0.29) is 36.5 Å². The molecule has 2 rings (SSSR count). The molecule has 1 aromatic carbocycles. The van der Waals surface area contributed by atoms with Crippen molar-refractivity contribution in [2.24, 2.45) is 0 Å². The van der Waals surface area contributed by atoms with Crippen molar-refractivity contribution in [2.75, 3.05) is 7.11 Å². The van der Waals surface area contributed by atoms with Crippen molar-refractivity contribution in [2.45, 2.75) is 18.9 Å². The lowest BCUT2D eigenvalue weighted by Gasteiger charge is -2.12. The number of carbonyl (C=O) groups is 1. The predicted octanol–water partition coefficient (Wildman–Crippen LogP) is -0.738. The monoisotopic (exact) mass is 235 g/mol. The summed E-state index contributed by atoms with van der Waals surface area (Å²) in [5.74, 6) is -0.245. The Morgan fingerprint density at radius 2 is 2.24 bits per heavy atom. The molecule has 1 fully saturated rings. The Balaban J connectivity index is 2.32. The molecule has 0 aromatic heterocycles. The number of phenols is 1. The fourth-order valence-electron chi connectivity index (χ4n) is 1.62. The Hall–Kier alpha value is -1.69. The predicted molar refractivity (Wildman–Crippen MR) is 64.1 cm³/mol. The second-order valence-electron chi connectivity index (χ2n) is 4.10. The molecule has 1 aliphatic rings. The number of hydrogen-bond donors (Lipinski definition) is 3. The first-order chi connectivity index (χ1) is 8.15. The van der Waals surface area contributed by atoms with Crippen LogP contribution < -0.4 is 15.5 Å². The van der Waals surface area contributed by atoms with Gasteiger partial charge in [0, 0.05) is 6.04 Å². The van der Waals surface area contributed by atoms with Gasteiger partial charge >= 0.3 is 7.48 Å². The summed E-state index contributed by atoms with van der Waals surface area (Å²) in [4.78, 5) is 11.9. The topological polar surface area (TPSA) is 78.8 Å². The normalized spacial score (nSPS) is 14.2. The zero-order valence-corrected chi connectivity index (χ0v) is 9.56. The number of methoxy groups -OCH3 is 1. The maximum absolute atomic E-state index is 11.9. The molecule has 1 saturated carbocycles. The standard InChI is InChI=1S/C11H14BNO4/c1-17-9-5-6(12-16)4-8(14)10(9)11(15)13-7-2-3-7/h4-5,7,12,14,16H,2-3H2,1H3,(H,13,15). The lowest BCUT2D eigenvalue weighted by atomic mass is 9.87. The minimum Gasteiger partial charge on any atom is -0.507 e. The zero-order valence-electron chi connectivity index (χ0n) is 9.56. The van der Waals surface area contributed by atoms with E-state index in [2.05, 4.69) is 5.32 Å². The summed E-state index contributed by atoms with van der Waals surface area (Å²) in [6, 6.07) is 3.12. The number of carbonyl (C=O) groups excluding carboxylic acids is 1. The maximum Gasteiger partial charge on any atom is 0.305 e. The van der Waals surface area contributed by atoms with E-state index < -0.39 is 0 Å². The Kier molecular flexibility index (Phi) is 3.24.